The Kier molecular flexibility index (Phi) is 39.4. The van der Waals surface area contributed by atoms with Gasteiger partial charge in [0.2, 0.25) is 5.91 Å². The second-order valence-electron chi connectivity index (χ2n) is 15.1. The molecule has 0 saturated carbocycles. The number of nitrogens with two attached hydrogens (primary N) is 1. The Morgan fingerprint density at radius 2 is 1.04 bits per heavy atom. The van der Waals surface area contributed by atoms with Crippen LogP contribution in [-0.4, -0.2) is 59.0 Å². The Labute approximate surface area is 337 Å². The molecule has 0 heterocycles. The lowest BCUT2D eigenvalue weighted by molar-refractivity contribution is -0.124. The summed E-state index contributed by atoms with van der Waals surface area (Å²) in [6, 6.07) is -1.01. The maximum absolute atomic E-state index is 12.8. The van der Waals surface area contributed by atoms with Crippen LogP contribution in [0.2, 0.25) is 0 Å². The molecule has 322 valence electrons. The van der Waals surface area contributed by atoms with E-state index in [1.807, 2.05) is 6.08 Å². The van der Waals surface area contributed by atoms with E-state index in [4.69, 9.17) is 14.8 Å². The van der Waals surface area contributed by atoms with Crippen molar-refractivity contribution in [2.24, 2.45) is 5.73 Å². The summed E-state index contributed by atoms with van der Waals surface area (Å²) in [4.78, 5) is 22.8. The molecule has 4 atom stereocenters. The quantitative estimate of drug-likeness (QED) is 0.0233. The van der Waals surface area contributed by atoms with Gasteiger partial charge in [-0.15, -0.1) is 0 Å². The molecule has 0 aromatic rings. The molecule has 0 aromatic carbocycles. The number of nitrogens with one attached hydrogen (secondary N) is 1. The Morgan fingerprint density at radius 3 is 1.51 bits per heavy atom. The number of unbranched alkanes of at least 4 members (excludes halogenated alkanes) is 21. The lowest BCUT2D eigenvalue weighted by atomic mass is 10.0. The van der Waals surface area contributed by atoms with Gasteiger partial charge in [-0.1, -0.05) is 165 Å². The van der Waals surface area contributed by atoms with Gasteiger partial charge >= 0.3 is 7.82 Å². The molecule has 9 nitrogen and oxygen atoms in total. The monoisotopic (exact) mass is 797 g/mol. The summed E-state index contributed by atoms with van der Waals surface area (Å²) in [5.74, 6) is -0.466. The average Bonchev–Trinajstić information content (AvgIpc) is 3.16. The number of amides is 1. The van der Waals surface area contributed by atoms with E-state index < -0.39 is 38.6 Å². The van der Waals surface area contributed by atoms with E-state index in [2.05, 4.69) is 55.6 Å². The number of hydrogen-bond acceptors (Lipinski definition) is 7. The van der Waals surface area contributed by atoms with Gasteiger partial charge in [0.05, 0.1) is 37.9 Å². The van der Waals surface area contributed by atoms with Crippen LogP contribution in [0.1, 0.15) is 194 Å². The number of rotatable bonds is 41. The summed E-state index contributed by atoms with van der Waals surface area (Å²) in [5, 5.41) is 24.0. The van der Waals surface area contributed by atoms with Gasteiger partial charge in [0.15, 0.2) is 0 Å². The van der Waals surface area contributed by atoms with Crippen LogP contribution in [-0.2, 0) is 18.4 Å². The highest BCUT2D eigenvalue weighted by molar-refractivity contribution is 7.47. The maximum atomic E-state index is 12.8. The molecule has 0 aromatic heterocycles. The van der Waals surface area contributed by atoms with Crippen LogP contribution in [0.4, 0.5) is 0 Å². The van der Waals surface area contributed by atoms with E-state index in [1.54, 1.807) is 6.08 Å². The van der Waals surface area contributed by atoms with Crippen molar-refractivity contribution in [3.05, 3.63) is 48.6 Å². The number of phosphoric acid groups is 1. The Balaban J connectivity index is 4.39. The van der Waals surface area contributed by atoms with Gasteiger partial charge in [-0.3, -0.25) is 13.8 Å². The van der Waals surface area contributed by atoms with Crippen LogP contribution < -0.4 is 11.1 Å². The fourth-order valence-electron chi connectivity index (χ4n) is 6.26. The van der Waals surface area contributed by atoms with E-state index in [-0.39, 0.29) is 19.6 Å². The third kappa shape index (κ3) is 39.0. The van der Waals surface area contributed by atoms with E-state index in [1.165, 1.54) is 103 Å². The molecule has 6 N–H and O–H groups in total. The predicted octanol–water partition coefficient (Wildman–Crippen LogP) is 11.5. The molecule has 55 heavy (non-hydrogen) atoms. The predicted molar refractivity (Wildman–Crippen MR) is 232 cm³/mol. The molecular weight excluding hydrogens is 711 g/mol. The topological polar surface area (TPSA) is 151 Å². The molecule has 0 aliphatic heterocycles. The van der Waals surface area contributed by atoms with Crippen molar-refractivity contribution in [2.75, 3.05) is 19.8 Å². The highest BCUT2D eigenvalue weighted by atomic mass is 31.2. The second kappa shape index (κ2) is 40.6. The zero-order valence-electron chi connectivity index (χ0n) is 35.3. The number of phosphoric ester groups is 1. The molecule has 0 aliphatic rings. The minimum Gasteiger partial charge on any atom is -0.393 e. The summed E-state index contributed by atoms with van der Waals surface area (Å²) in [6.07, 6.45) is 46.2. The second-order valence-corrected chi connectivity index (χ2v) is 16.5. The highest BCUT2D eigenvalue weighted by Crippen LogP contribution is 2.43. The first-order valence-corrected chi connectivity index (χ1v) is 23.8. The van der Waals surface area contributed by atoms with Gasteiger partial charge in [-0.25, -0.2) is 4.57 Å². The minimum absolute atomic E-state index is 0.0402. The molecule has 4 unspecified atom stereocenters. The number of allylic oxidation sites excluding steroid dienone is 7. The lowest BCUT2D eigenvalue weighted by Crippen LogP contribution is -2.46. The van der Waals surface area contributed by atoms with E-state index in [9.17, 15) is 24.5 Å². The van der Waals surface area contributed by atoms with E-state index in [0.717, 1.165) is 57.8 Å². The first-order chi connectivity index (χ1) is 26.8. The number of aliphatic hydroxyl groups is 2. The average molecular weight is 797 g/mol. The molecule has 0 fully saturated rings. The molecule has 0 bridgehead atoms. The zero-order valence-corrected chi connectivity index (χ0v) is 36.2. The number of aliphatic hydroxyl groups excluding tert-OH is 2. The summed E-state index contributed by atoms with van der Waals surface area (Å²) < 4.78 is 22.1. The smallest absolute Gasteiger partial charge is 0.393 e. The minimum atomic E-state index is -4.41. The first-order valence-electron chi connectivity index (χ1n) is 22.3. The lowest BCUT2D eigenvalue weighted by Gasteiger charge is -2.24. The Hall–Kier alpha value is -1.58. The molecule has 0 aliphatic carbocycles. The van der Waals surface area contributed by atoms with Crippen molar-refractivity contribution >= 4 is 13.7 Å². The van der Waals surface area contributed by atoms with E-state index >= 15 is 0 Å². The summed E-state index contributed by atoms with van der Waals surface area (Å²) in [6.45, 7) is 3.92. The van der Waals surface area contributed by atoms with Gasteiger partial charge in [0.1, 0.15) is 0 Å². The van der Waals surface area contributed by atoms with E-state index in [0.29, 0.717) is 12.8 Å². The van der Waals surface area contributed by atoms with Crippen LogP contribution in [0.5, 0.6) is 0 Å². The largest absolute Gasteiger partial charge is 0.472 e. The van der Waals surface area contributed by atoms with Gasteiger partial charge < -0.3 is 26.2 Å². The molecule has 1 amide bonds. The van der Waals surface area contributed by atoms with Gasteiger partial charge in [-0.05, 0) is 70.6 Å². The van der Waals surface area contributed by atoms with Crippen molar-refractivity contribution in [3.63, 3.8) is 0 Å². The number of carbonyl (C=O) groups excluding carboxylic acids is 1. The van der Waals surface area contributed by atoms with Crippen LogP contribution >= 0.6 is 7.82 Å². The summed E-state index contributed by atoms with van der Waals surface area (Å²) in [5.41, 5.74) is 5.36. The van der Waals surface area contributed by atoms with Crippen LogP contribution in [0.25, 0.3) is 0 Å². The third-order valence-corrected chi connectivity index (χ3v) is 10.6. The van der Waals surface area contributed by atoms with Crippen molar-refractivity contribution in [2.45, 2.75) is 212 Å². The Bertz CT molecular complexity index is 1020. The normalized spacial score (nSPS) is 15.1. The van der Waals surface area contributed by atoms with Gasteiger partial charge in [0, 0.05) is 6.54 Å². The van der Waals surface area contributed by atoms with Gasteiger partial charge in [0.25, 0.3) is 0 Å². The summed E-state index contributed by atoms with van der Waals surface area (Å²) in [7, 11) is -4.41. The molecule has 0 saturated heterocycles. The molecule has 0 rings (SSSR count). The molecule has 0 spiro atoms. The third-order valence-electron chi connectivity index (χ3n) is 9.66. The maximum Gasteiger partial charge on any atom is 0.472 e. The van der Waals surface area contributed by atoms with Gasteiger partial charge in [-0.2, -0.15) is 0 Å². The van der Waals surface area contributed by atoms with Crippen molar-refractivity contribution in [1.82, 2.24) is 5.32 Å². The highest BCUT2D eigenvalue weighted by Gasteiger charge is 2.27. The first kappa shape index (κ1) is 53.4. The fourth-order valence-corrected chi connectivity index (χ4v) is 7.02. The Morgan fingerprint density at radius 1 is 0.618 bits per heavy atom. The van der Waals surface area contributed by atoms with Crippen LogP contribution in [0, 0.1) is 0 Å². The van der Waals surface area contributed by atoms with Crippen LogP contribution in [0.15, 0.2) is 48.6 Å². The zero-order chi connectivity index (χ0) is 40.5. The van der Waals surface area contributed by atoms with Crippen molar-refractivity contribution in [3.8, 4) is 0 Å². The number of hydrogen-bond donors (Lipinski definition) is 5. The molecule has 10 heteroatoms. The van der Waals surface area contributed by atoms with Crippen LogP contribution in [0.3, 0.4) is 0 Å². The number of carbonyl (C=O) groups is 1. The molecule has 0 radical (unpaired) electrons. The standard InChI is InChI=1S/C45H85N2O7P/c1-3-5-7-9-11-13-15-17-19-21-22-24-26-28-30-32-34-36-42(48)40-45(50)47-43(41-54-55(51,52)53-39-38-46)44(49)37-35-33-31-29-27-25-23-20-18-16-14-12-10-8-6-4-2/h18,20-22,27,29,35,37,42-44,48-49H,3-17,19,23-26,28,30-34,36,38-41,46H2,1-2H3,(H,47,50)(H,51,52)/b20-18+,22-21-,29-27+,37-35+. The van der Waals surface area contributed by atoms with Crippen molar-refractivity contribution in [1.29, 1.82) is 0 Å². The van der Waals surface area contributed by atoms with Crippen molar-refractivity contribution < 1.29 is 33.5 Å². The fraction of sp³-hybridized carbons (Fsp3) is 0.800. The summed E-state index contributed by atoms with van der Waals surface area (Å²) >= 11 is 0. The molecular formula is C45H85N2O7P. The SMILES string of the molecule is CCCCCCCC/C=C/CC/C=C/CC/C=C/C(O)C(COP(=O)(O)OCCN)NC(=O)CC(O)CCCCCCC/C=C\CCCCCCCCCC.